The Kier molecular flexibility index (Phi) is 3.50. The number of rotatable bonds is 2. The first-order valence-electron chi connectivity index (χ1n) is 4.51. The Morgan fingerprint density at radius 2 is 2.00 bits per heavy atom. The van der Waals surface area contributed by atoms with E-state index in [2.05, 4.69) is 0 Å². The number of aromatic hydroxyl groups is 1. The van der Waals surface area contributed by atoms with Crippen LogP contribution in [0.25, 0.3) is 0 Å². The molecule has 0 aromatic heterocycles. The maximum Gasteiger partial charge on any atom is 0.471 e. The summed E-state index contributed by atoms with van der Waals surface area (Å²) in [5.74, 6) is -2.32. The van der Waals surface area contributed by atoms with Crippen molar-refractivity contribution in [2.75, 3.05) is 12.4 Å². The van der Waals surface area contributed by atoms with E-state index in [0.717, 1.165) is 6.07 Å². The molecule has 0 bridgehead atoms. The molecule has 0 atom stereocenters. The molecule has 1 aromatic carbocycles. The van der Waals surface area contributed by atoms with Crippen LogP contribution in [-0.2, 0) is 4.79 Å². The molecule has 17 heavy (non-hydrogen) atoms. The zero-order valence-electron chi connectivity index (χ0n) is 9.05. The minimum Gasteiger partial charge on any atom is -0.508 e. The van der Waals surface area contributed by atoms with E-state index in [4.69, 9.17) is 4.74 Å². The molecule has 0 saturated carbocycles. The number of phenols is 1. The highest BCUT2D eigenvalue weighted by Gasteiger charge is 2.39. The van der Waals surface area contributed by atoms with Crippen molar-refractivity contribution >= 4 is 11.6 Å². The van der Waals surface area contributed by atoms with Gasteiger partial charge in [-0.25, -0.2) is 0 Å². The monoisotopic (exact) mass is 249 g/mol. The second kappa shape index (κ2) is 4.52. The number of methoxy groups -OCH3 is 1. The van der Waals surface area contributed by atoms with Crippen molar-refractivity contribution in [3.05, 3.63) is 17.7 Å². The lowest BCUT2D eigenvalue weighted by Crippen LogP contribution is -2.30. The summed E-state index contributed by atoms with van der Waals surface area (Å²) in [5.41, 5.74) is 0.185. The number of alkyl halides is 3. The van der Waals surface area contributed by atoms with Gasteiger partial charge in [0.2, 0.25) is 0 Å². The summed E-state index contributed by atoms with van der Waals surface area (Å²) in [4.78, 5) is 10.7. The van der Waals surface area contributed by atoms with E-state index in [-0.39, 0.29) is 17.2 Å². The van der Waals surface area contributed by atoms with E-state index in [1.807, 2.05) is 0 Å². The number of carbonyl (C=O) groups excluding carboxylic acids is 1. The Morgan fingerprint density at radius 1 is 1.41 bits per heavy atom. The topological polar surface area (TPSA) is 58.6 Å². The SMILES string of the molecule is COc1cc(C)c(O)cc1NC(=O)C(F)(F)F. The normalized spacial score (nSPS) is 11.1. The molecular formula is C10H10F3NO3. The number of carbonyl (C=O) groups is 1. The molecule has 7 heteroatoms. The third-order valence-electron chi connectivity index (χ3n) is 2.02. The molecule has 0 aliphatic carbocycles. The van der Waals surface area contributed by atoms with Crippen molar-refractivity contribution in [3.63, 3.8) is 0 Å². The second-order valence-corrected chi connectivity index (χ2v) is 3.29. The number of halogens is 3. The lowest BCUT2D eigenvalue weighted by molar-refractivity contribution is -0.167. The van der Waals surface area contributed by atoms with Crippen molar-refractivity contribution < 1.29 is 27.8 Å². The highest BCUT2D eigenvalue weighted by atomic mass is 19.4. The van der Waals surface area contributed by atoms with E-state index < -0.39 is 12.1 Å². The Balaban J connectivity index is 3.06. The van der Waals surface area contributed by atoms with Crippen LogP contribution in [0.1, 0.15) is 5.56 Å². The largest absolute Gasteiger partial charge is 0.508 e. The molecular weight excluding hydrogens is 239 g/mol. The van der Waals surface area contributed by atoms with Gasteiger partial charge >= 0.3 is 12.1 Å². The highest BCUT2D eigenvalue weighted by Crippen LogP contribution is 2.32. The predicted octanol–water partition coefficient (Wildman–Crippen LogP) is 2.21. The molecule has 1 rings (SSSR count). The number of phenolic OH excluding ortho intramolecular Hbond substituents is 1. The number of benzene rings is 1. The third-order valence-corrected chi connectivity index (χ3v) is 2.02. The summed E-state index contributed by atoms with van der Waals surface area (Å²) in [5, 5.41) is 11.0. The van der Waals surface area contributed by atoms with Gasteiger partial charge < -0.3 is 15.2 Å². The summed E-state index contributed by atoms with van der Waals surface area (Å²) in [6.45, 7) is 1.55. The van der Waals surface area contributed by atoms with Crippen LogP contribution >= 0.6 is 0 Å². The van der Waals surface area contributed by atoms with Crippen LogP contribution in [-0.4, -0.2) is 24.3 Å². The number of ether oxygens (including phenoxy) is 1. The fourth-order valence-electron chi connectivity index (χ4n) is 1.13. The lowest BCUT2D eigenvalue weighted by Gasteiger charge is -2.13. The van der Waals surface area contributed by atoms with Gasteiger partial charge in [-0.1, -0.05) is 0 Å². The molecule has 4 nitrogen and oxygen atoms in total. The molecule has 0 spiro atoms. The van der Waals surface area contributed by atoms with Crippen LogP contribution in [0.4, 0.5) is 18.9 Å². The van der Waals surface area contributed by atoms with Gasteiger partial charge in [-0.15, -0.1) is 0 Å². The van der Waals surface area contributed by atoms with Crippen molar-refractivity contribution in [2.24, 2.45) is 0 Å². The average Bonchev–Trinajstić information content (AvgIpc) is 2.21. The number of aryl methyl sites for hydroxylation is 1. The molecule has 2 N–H and O–H groups in total. The lowest BCUT2D eigenvalue weighted by atomic mass is 10.2. The fourth-order valence-corrected chi connectivity index (χ4v) is 1.13. The molecule has 0 saturated heterocycles. The number of hydrogen-bond acceptors (Lipinski definition) is 3. The molecule has 0 aliphatic rings. The third kappa shape index (κ3) is 3.02. The summed E-state index contributed by atoms with van der Waals surface area (Å²) in [6.07, 6.45) is -4.99. The first-order chi connectivity index (χ1) is 7.75. The summed E-state index contributed by atoms with van der Waals surface area (Å²) < 4.78 is 40.9. The molecule has 0 radical (unpaired) electrons. The quantitative estimate of drug-likeness (QED) is 0.844. The molecule has 0 fully saturated rings. The maximum absolute atomic E-state index is 12.0. The van der Waals surface area contributed by atoms with E-state index in [1.165, 1.54) is 13.2 Å². The van der Waals surface area contributed by atoms with Crippen LogP contribution in [0.5, 0.6) is 11.5 Å². The fraction of sp³-hybridized carbons (Fsp3) is 0.300. The predicted molar refractivity (Wildman–Crippen MR) is 54.1 cm³/mol. The van der Waals surface area contributed by atoms with Gasteiger partial charge in [0.05, 0.1) is 12.8 Å². The smallest absolute Gasteiger partial charge is 0.471 e. The van der Waals surface area contributed by atoms with E-state index >= 15 is 0 Å². The summed E-state index contributed by atoms with van der Waals surface area (Å²) in [7, 11) is 1.25. The standard InChI is InChI=1S/C10H10F3NO3/c1-5-3-8(17-2)6(4-7(5)15)14-9(16)10(11,12)13/h3-4,15H,1-2H3,(H,14,16). The van der Waals surface area contributed by atoms with Crippen molar-refractivity contribution in [2.45, 2.75) is 13.1 Å². The summed E-state index contributed by atoms with van der Waals surface area (Å²) in [6, 6.07) is 2.32. The molecule has 1 aromatic rings. The highest BCUT2D eigenvalue weighted by molar-refractivity contribution is 5.96. The molecule has 0 unspecified atom stereocenters. The molecule has 0 aliphatic heterocycles. The van der Waals surface area contributed by atoms with Crippen molar-refractivity contribution in [1.82, 2.24) is 0 Å². The van der Waals surface area contributed by atoms with E-state index in [0.29, 0.717) is 5.56 Å². The number of amides is 1. The zero-order chi connectivity index (χ0) is 13.2. The first-order valence-corrected chi connectivity index (χ1v) is 4.51. The van der Waals surface area contributed by atoms with Crippen molar-refractivity contribution in [3.8, 4) is 11.5 Å². The number of anilines is 1. The van der Waals surface area contributed by atoms with Crippen LogP contribution in [0.15, 0.2) is 12.1 Å². The van der Waals surface area contributed by atoms with Crippen LogP contribution < -0.4 is 10.1 Å². The average molecular weight is 249 g/mol. The van der Waals surface area contributed by atoms with Gasteiger partial charge in [-0.2, -0.15) is 13.2 Å². The van der Waals surface area contributed by atoms with Gasteiger partial charge in [0.15, 0.2) is 0 Å². The molecule has 1 amide bonds. The van der Waals surface area contributed by atoms with Crippen LogP contribution in [0, 0.1) is 6.92 Å². The first kappa shape index (κ1) is 13.1. The Bertz CT molecular complexity index is 443. The molecule has 0 heterocycles. The van der Waals surface area contributed by atoms with Crippen molar-refractivity contribution in [1.29, 1.82) is 0 Å². The number of nitrogens with one attached hydrogen (secondary N) is 1. The van der Waals surface area contributed by atoms with Crippen LogP contribution in [0.3, 0.4) is 0 Å². The Morgan fingerprint density at radius 3 is 2.47 bits per heavy atom. The zero-order valence-corrected chi connectivity index (χ0v) is 9.05. The minimum atomic E-state index is -4.99. The van der Waals surface area contributed by atoms with Gasteiger partial charge in [0.1, 0.15) is 11.5 Å². The minimum absolute atomic E-state index is 0.0397. The van der Waals surface area contributed by atoms with Gasteiger partial charge in [-0.3, -0.25) is 4.79 Å². The van der Waals surface area contributed by atoms with E-state index in [1.54, 1.807) is 12.2 Å². The Hall–Kier alpha value is -1.92. The van der Waals surface area contributed by atoms with Crippen LogP contribution in [0.2, 0.25) is 0 Å². The maximum atomic E-state index is 12.0. The Labute approximate surface area is 95.0 Å². The van der Waals surface area contributed by atoms with Gasteiger partial charge in [-0.05, 0) is 18.6 Å². The number of hydrogen-bond donors (Lipinski definition) is 2. The van der Waals surface area contributed by atoms with E-state index in [9.17, 15) is 23.1 Å². The molecule has 94 valence electrons. The van der Waals surface area contributed by atoms with Gasteiger partial charge in [0.25, 0.3) is 0 Å². The van der Waals surface area contributed by atoms with Gasteiger partial charge in [0, 0.05) is 6.07 Å². The summed E-state index contributed by atoms with van der Waals surface area (Å²) >= 11 is 0. The second-order valence-electron chi connectivity index (χ2n) is 3.29.